The highest BCUT2D eigenvalue weighted by Crippen LogP contribution is 2.44. The minimum absolute atomic E-state index is 0.0595. The zero-order valence-electron chi connectivity index (χ0n) is 36.0. The number of hydrogen-bond donors (Lipinski definition) is 0. The van der Waals surface area contributed by atoms with Gasteiger partial charge in [-0.3, -0.25) is 0 Å². The Bertz CT molecular complexity index is 2740. The molecule has 4 heteroatoms. The summed E-state index contributed by atoms with van der Waals surface area (Å²) in [6, 6.07) is 35.5. The SMILES string of the molecule is Cc1c(-n2c3cc(C(C)(C)C)ccc3c3ccc(C(C)(C)C)cc32)ccc(-c2cc(F)cc(F)c2)c1-n1c2cc(C(C)(C)C)ccc2c2ccc(C(C)(C)C)cc21. The van der Waals surface area contributed by atoms with Crippen molar-refractivity contribution in [1.82, 2.24) is 9.13 Å². The van der Waals surface area contributed by atoms with Gasteiger partial charge in [-0.05, 0) is 104 Å². The van der Waals surface area contributed by atoms with Crippen molar-refractivity contribution in [3.63, 3.8) is 0 Å². The van der Waals surface area contributed by atoms with E-state index in [2.05, 4.69) is 184 Å². The van der Waals surface area contributed by atoms with E-state index in [9.17, 15) is 0 Å². The van der Waals surface area contributed by atoms with Gasteiger partial charge in [0, 0.05) is 33.2 Å². The molecule has 0 aliphatic carbocycles. The van der Waals surface area contributed by atoms with Crippen LogP contribution in [0.3, 0.4) is 0 Å². The molecule has 0 atom stereocenters. The van der Waals surface area contributed by atoms with Gasteiger partial charge in [0.15, 0.2) is 0 Å². The summed E-state index contributed by atoms with van der Waals surface area (Å²) in [7, 11) is 0. The van der Waals surface area contributed by atoms with Crippen LogP contribution in [0.4, 0.5) is 8.78 Å². The highest BCUT2D eigenvalue weighted by molar-refractivity contribution is 6.12. The number of nitrogens with zero attached hydrogens (tertiary/aromatic N) is 2. The van der Waals surface area contributed by atoms with Crippen LogP contribution in [0.1, 0.15) is 111 Å². The highest BCUT2D eigenvalue weighted by Gasteiger charge is 2.27. The van der Waals surface area contributed by atoms with Gasteiger partial charge in [0.2, 0.25) is 0 Å². The fourth-order valence-electron chi connectivity index (χ4n) is 8.57. The molecule has 2 heterocycles. The van der Waals surface area contributed by atoms with Gasteiger partial charge in [-0.1, -0.05) is 138 Å². The number of benzene rings is 6. The van der Waals surface area contributed by atoms with Crippen molar-refractivity contribution in [2.75, 3.05) is 0 Å². The molecule has 2 nitrogen and oxygen atoms in total. The fourth-order valence-corrected chi connectivity index (χ4v) is 8.57. The van der Waals surface area contributed by atoms with E-state index in [4.69, 9.17) is 0 Å². The molecule has 8 rings (SSSR count). The van der Waals surface area contributed by atoms with Crippen molar-refractivity contribution in [2.24, 2.45) is 0 Å². The quantitative estimate of drug-likeness (QED) is 0.170. The Hall–Kier alpha value is -5.22. The van der Waals surface area contributed by atoms with Gasteiger partial charge in [-0.2, -0.15) is 0 Å². The molecule has 0 N–H and O–H groups in total. The molecule has 0 saturated heterocycles. The second kappa shape index (κ2) is 12.9. The van der Waals surface area contributed by atoms with Gasteiger partial charge in [0.25, 0.3) is 0 Å². The summed E-state index contributed by atoms with van der Waals surface area (Å²) in [5.74, 6) is -1.20. The molecule has 57 heavy (non-hydrogen) atoms. The van der Waals surface area contributed by atoms with E-state index in [-0.39, 0.29) is 21.7 Å². The van der Waals surface area contributed by atoms with Crippen molar-refractivity contribution in [3.05, 3.63) is 143 Å². The first kappa shape index (κ1) is 38.6. The largest absolute Gasteiger partial charge is 0.309 e. The maximum atomic E-state index is 15.2. The van der Waals surface area contributed by atoms with Crippen molar-refractivity contribution < 1.29 is 8.78 Å². The fraction of sp³-hybridized carbons (Fsp3) is 0.321. The molecular weight excluding hydrogens is 703 g/mol. The molecule has 292 valence electrons. The molecular formula is C53H56F2N2. The van der Waals surface area contributed by atoms with Crippen LogP contribution >= 0.6 is 0 Å². The first-order valence-electron chi connectivity index (χ1n) is 20.3. The van der Waals surface area contributed by atoms with Crippen LogP contribution < -0.4 is 0 Å². The second-order valence-corrected chi connectivity index (χ2v) is 20.4. The number of hydrogen-bond acceptors (Lipinski definition) is 0. The van der Waals surface area contributed by atoms with Crippen LogP contribution in [-0.4, -0.2) is 9.13 Å². The first-order chi connectivity index (χ1) is 26.5. The second-order valence-electron chi connectivity index (χ2n) is 20.4. The Morgan fingerprint density at radius 2 is 0.719 bits per heavy atom. The molecule has 0 spiro atoms. The highest BCUT2D eigenvalue weighted by atomic mass is 19.1. The molecule has 0 radical (unpaired) electrons. The van der Waals surface area contributed by atoms with Gasteiger partial charge in [-0.25, -0.2) is 8.78 Å². The topological polar surface area (TPSA) is 9.86 Å². The number of halogens is 2. The Morgan fingerprint density at radius 1 is 0.386 bits per heavy atom. The summed E-state index contributed by atoms with van der Waals surface area (Å²) in [6.07, 6.45) is 0. The van der Waals surface area contributed by atoms with Gasteiger partial charge < -0.3 is 9.13 Å². The van der Waals surface area contributed by atoms with Gasteiger partial charge in [0.05, 0.1) is 33.4 Å². The summed E-state index contributed by atoms with van der Waals surface area (Å²) in [4.78, 5) is 0. The van der Waals surface area contributed by atoms with Gasteiger partial charge in [0.1, 0.15) is 11.6 Å². The average Bonchev–Trinajstić information content (AvgIpc) is 3.60. The van der Waals surface area contributed by atoms with E-state index in [1.54, 1.807) is 0 Å². The number of rotatable bonds is 3. The third-order valence-corrected chi connectivity index (χ3v) is 12.0. The van der Waals surface area contributed by atoms with E-state index in [0.717, 1.165) is 61.4 Å². The molecule has 0 amide bonds. The van der Waals surface area contributed by atoms with Crippen molar-refractivity contribution in [2.45, 2.75) is 112 Å². The van der Waals surface area contributed by atoms with Gasteiger partial charge in [-0.15, -0.1) is 0 Å². The number of fused-ring (bicyclic) bond motifs is 6. The molecule has 0 bridgehead atoms. The summed E-state index contributed by atoms with van der Waals surface area (Å²) in [5, 5.41) is 4.66. The first-order valence-corrected chi connectivity index (χ1v) is 20.3. The minimum atomic E-state index is -0.600. The van der Waals surface area contributed by atoms with Crippen LogP contribution in [-0.2, 0) is 21.7 Å². The lowest BCUT2D eigenvalue weighted by molar-refractivity contribution is 0.584. The Balaban J connectivity index is 1.59. The lowest BCUT2D eigenvalue weighted by Gasteiger charge is -2.24. The van der Waals surface area contributed by atoms with Crippen LogP contribution in [0.25, 0.3) is 66.1 Å². The Morgan fingerprint density at radius 3 is 1.05 bits per heavy atom. The van der Waals surface area contributed by atoms with Crippen LogP contribution in [0.5, 0.6) is 0 Å². The summed E-state index contributed by atoms with van der Waals surface area (Å²) in [6.45, 7) is 29.2. The lowest BCUT2D eigenvalue weighted by atomic mass is 9.86. The van der Waals surface area contributed by atoms with E-state index in [1.165, 1.54) is 45.2 Å². The maximum absolute atomic E-state index is 15.2. The van der Waals surface area contributed by atoms with Crippen LogP contribution in [0, 0.1) is 18.6 Å². The van der Waals surface area contributed by atoms with Crippen molar-refractivity contribution >= 4 is 43.6 Å². The molecule has 2 aromatic heterocycles. The molecule has 0 aliphatic heterocycles. The monoisotopic (exact) mass is 758 g/mol. The summed E-state index contributed by atoms with van der Waals surface area (Å²) >= 11 is 0. The molecule has 6 aromatic carbocycles. The third kappa shape index (κ3) is 6.55. The Kier molecular flexibility index (Phi) is 8.74. The van der Waals surface area contributed by atoms with E-state index < -0.39 is 11.6 Å². The predicted molar refractivity (Wildman–Crippen MR) is 240 cm³/mol. The van der Waals surface area contributed by atoms with E-state index in [0.29, 0.717) is 5.56 Å². The van der Waals surface area contributed by atoms with Crippen LogP contribution in [0.2, 0.25) is 0 Å². The average molecular weight is 759 g/mol. The van der Waals surface area contributed by atoms with E-state index in [1.807, 2.05) is 0 Å². The normalized spacial score (nSPS) is 13.2. The lowest BCUT2D eigenvalue weighted by Crippen LogP contribution is -2.12. The standard InChI is InChI=1S/C53H56F2N2/c1-31-44(56-45-26-33(50(2,3)4)14-18-40(45)41-19-15-34(27-46(41)56)51(5,6)7)23-22-39(32-24-37(54)30-38(55)25-32)49(31)57-47-28-35(52(8,9)10)16-20-42(47)43-21-17-36(29-48(43)57)53(11,12)13/h14-30H,1-13H3. The zero-order valence-corrected chi connectivity index (χ0v) is 36.0. The zero-order chi connectivity index (χ0) is 41.1. The smallest absolute Gasteiger partial charge is 0.126 e. The van der Waals surface area contributed by atoms with E-state index >= 15 is 8.78 Å². The summed E-state index contributed by atoms with van der Waals surface area (Å²) in [5.41, 5.74) is 13.2. The molecule has 0 fully saturated rings. The minimum Gasteiger partial charge on any atom is -0.309 e. The molecule has 0 saturated carbocycles. The van der Waals surface area contributed by atoms with Gasteiger partial charge >= 0.3 is 0 Å². The third-order valence-electron chi connectivity index (χ3n) is 12.0. The van der Waals surface area contributed by atoms with Crippen LogP contribution in [0.15, 0.2) is 103 Å². The van der Waals surface area contributed by atoms with Crippen molar-refractivity contribution in [3.8, 4) is 22.5 Å². The Labute approximate surface area is 337 Å². The molecule has 0 aliphatic rings. The molecule has 8 aromatic rings. The predicted octanol–water partition coefficient (Wildman–Crippen LogP) is 15.3. The molecule has 0 unspecified atom stereocenters. The maximum Gasteiger partial charge on any atom is 0.126 e. The summed E-state index contributed by atoms with van der Waals surface area (Å²) < 4.78 is 35.3. The van der Waals surface area contributed by atoms with Crippen molar-refractivity contribution in [1.29, 1.82) is 0 Å². The number of aromatic nitrogens is 2.